The van der Waals surface area contributed by atoms with Gasteiger partial charge < -0.3 is 14.3 Å². The van der Waals surface area contributed by atoms with Gasteiger partial charge in [0.15, 0.2) is 5.76 Å². The minimum atomic E-state index is -0.648. The molecule has 0 unspecified atom stereocenters. The van der Waals surface area contributed by atoms with E-state index in [9.17, 15) is 4.79 Å². The Morgan fingerprint density at radius 2 is 1.96 bits per heavy atom. The standard InChI is InChI=1S/C20H15N3O3/c24-19(22-14-6-1-4-13-5-2-10-21-18(13)14)20(8-9-20)17-12-16(26-23-17)15-7-3-11-25-15/h1-7,10-12H,8-9H2,(H,22,24). The monoisotopic (exact) mass is 345 g/mol. The van der Waals surface area contributed by atoms with Crippen LogP contribution in [0.4, 0.5) is 5.69 Å². The predicted molar refractivity (Wildman–Crippen MR) is 95.5 cm³/mol. The molecule has 0 bridgehead atoms. The number of nitrogens with one attached hydrogen (secondary N) is 1. The molecule has 4 aromatic rings. The molecular weight excluding hydrogens is 330 g/mol. The maximum Gasteiger partial charge on any atom is 0.236 e. The average Bonchev–Trinajstić information content (AvgIpc) is 3.09. The third kappa shape index (κ3) is 2.30. The lowest BCUT2D eigenvalue weighted by Gasteiger charge is -2.13. The van der Waals surface area contributed by atoms with Crippen LogP contribution in [0.15, 0.2) is 69.9 Å². The zero-order chi connectivity index (χ0) is 17.6. The summed E-state index contributed by atoms with van der Waals surface area (Å²) >= 11 is 0. The van der Waals surface area contributed by atoms with Gasteiger partial charge in [0.25, 0.3) is 0 Å². The topological polar surface area (TPSA) is 81.2 Å². The summed E-state index contributed by atoms with van der Waals surface area (Å²) in [5.41, 5.74) is 1.46. The van der Waals surface area contributed by atoms with E-state index in [0.717, 1.165) is 23.7 Å². The highest BCUT2D eigenvalue weighted by Gasteiger charge is 2.54. The third-order valence-electron chi connectivity index (χ3n) is 4.83. The van der Waals surface area contributed by atoms with E-state index >= 15 is 0 Å². The van der Waals surface area contributed by atoms with E-state index in [-0.39, 0.29) is 5.91 Å². The Labute approximate surface area is 148 Å². The molecule has 1 aliphatic rings. The van der Waals surface area contributed by atoms with Crippen molar-refractivity contribution in [1.82, 2.24) is 10.1 Å². The minimum absolute atomic E-state index is 0.0880. The van der Waals surface area contributed by atoms with Crippen molar-refractivity contribution in [3.8, 4) is 11.5 Å². The molecule has 1 N–H and O–H groups in total. The molecule has 3 aromatic heterocycles. The van der Waals surface area contributed by atoms with Gasteiger partial charge in [-0.1, -0.05) is 23.4 Å². The summed E-state index contributed by atoms with van der Waals surface area (Å²) in [5, 5.41) is 8.13. The van der Waals surface area contributed by atoms with Gasteiger partial charge in [-0.25, -0.2) is 0 Å². The van der Waals surface area contributed by atoms with Crippen molar-refractivity contribution in [1.29, 1.82) is 0 Å². The van der Waals surface area contributed by atoms with Crippen molar-refractivity contribution in [2.75, 3.05) is 5.32 Å². The molecule has 3 heterocycles. The maximum atomic E-state index is 13.0. The van der Waals surface area contributed by atoms with Crippen LogP contribution < -0.4 is 5.32 Å². The molecule has 26 heavy (non-hydrogen) atoms. The van der Waals surface area contributed by atoms with Crippen LogP contribution in [0, 0.1) is 0 Å². The van der Waals surface area contributed by atoms with E-state index in [4.69, 9.17) is 8.94 Å². The first-order valence-corrected chi connectivity index (χ1v) is 8.43. The van der Waals surface area contributed by atoms with Crippen LogP contribution in [0.1, 0.15) is 18.5 Å². The lowest BCUT2D eigenvalue weighted by molar-refractivity contribution is -0.118. The lowest BCUT2D eigenvalue weighted by Crippen LogP contribution is -2.28. The second kappa shape index (κ2) is 5.56. The molecule has 1 aliphatic carbocycles. The number of carbonyl (C=O) groups is 1. The number of fused-ring (bicyclic) bond motifs is 1. The molecule has 0 atom stereocenters. The van der Waals surface area contributed by atoms with Crippen LogP contribution in [-0.2, 0) is 10.2 Å². The van der Waals surface area contributed by atoms with Gasteiger partial charge >= 0.3 is 0 Å². The van der Waals surface area contributed by atoms with E-state index in [1.807, 2.05) is 30.3 Å². The van der Waals surface area contributed by atoms with Gasteiger partial charge in [0.1, 0.15) is 0 Å². The molecule has 0 radical (unpaired) electrons. The van der Waals surface area contributed by atoms with Crippen molar-refractivity contribution in [3.05, 3.63) is 66.7 Å². The Kier molecular flexibility index (Phi) is 3.18. The van der Waals surface area contributed by atoms with Crippen molar-refractivity contribution in [3.63, 3.8) is 0 Å². The number of hydrogen-bond acceptors (Lipinski definition) is 5. The van der Waals surface area contributed by atoms with Crippen molar-refractivity contribution in [2.45, 2.75) is 18.3 Å². The first kappa shape index (κ1) is 14.9. The molecule has 0 spiro atoms. The Balaban J connectivity index is 1.45. The second-order valence-electron chi connectivity index (χ2n) is 6.47. The zero-order valence-corrected chi connectivity index (χ0v) is 13.8. The van der Waals surface area contributed by atoms with E-state index in [1.165, 1.54) is 0 Å². The smallest absolute Gasteiger partial charge is 0.236 e. The highest BCUT2D eigenvalue weighted by molar-refractivity contribution is 6.05. The SMILES string of the molecule is O=C(Nc1cccc2cccnc12)C1(c2cc(-c3ccco3)on2)CC1. The number of nitrogens with zero attached hydrogens (tertiary/aromatic N) is 2. The van der Waals surface area contributed by atoms with Crippen LogP contribution in [0.3, 0.4) is 0 Å². The van der Waals surface area contributed by atoms with Gasteiger partial charge in [0.2, 0.25) is 11.7 Å². The molecule has 1 aromatic carbocycles. The second-order valence-corrected chi connectivity index (χ2v) is 6.47. The molecular formula is C20H15N3O3. The number of amides is 1. The van der Waals surface area contributed by atoms with E-state index in [1.54, 1.807) is 30.7 Å². The van der Waals surface area contributed by atoms with E-state index in [2.05, 4.69) is 15.5 Å². The Bertz CT molecular complexity index is 1090. The van der Waals surface area contributed by atoms with Crippen molar-refractivity contribution in [2.24, 2.45) is 0 Å². The zero-order valence-electron chi connectivity index (χ0n) is 13.8. The summed E-state index contributed by atoms with van der Waals surface area (Å²) in [7, 11) is 0. The number of carbonyl (C=O) groups excluding carboxylic acids is 1. The number of benzene rings is 1. The van der Waals surface area contributed by atoms with Gasteiger partial charge in [-0.2, -0.15) is 0 Å². The molecule has 5 rings (SSSR count). The number of anilines is 1. The van der Waals surface area contributed by atoms with Crippen LogP contribution in [0.25, 0.3) is 22.4 Å². The van der Waals surface area contributed by atoms with Gasteiger partial charge in [-0.05, 0) is 37.1 Å². The number of hydrogen-bond donors (Lipinski definition) is 1. The van der Waals surface area contributed by atoms with Crippen LogP contribution in [0.5, 0.6) is 0 Å². The summed E-state index contributed by atoms with van der Waals surface area (Å²) < 4.78 is 10.7. The summed E-state index contributed by atoms with van der Waals surface area (Å²) in [5.74, 6) is 1.03. The quantitative estimate of drug-likeness (QED) is 0.601. The molecule has 0 aliphatic heterocycles. The third-order valence-corrected chi connectivity index (χ3v) is 4.83. The number of aromatic nitrogens is 2. The van der Waals surface area contributed by atoms with Gasteiger partial charge in [-0.15, -0.1) is 0 Å². The average molecular weight is 345 g/mol. The van der Waals surface area contributed by atoms with Crippen LogP contribution in [0.2, 0.25) is 0 Å². The fraction of sp³-hybridized carbons (Fsp3) is 0.150. The van der Waals surface area contributed by atoms with E-state index in [0.29, 0.717) is 22.9 Å². The fourth-order valence-electron chi connectivity index (χ4n) is 3.21. The first-order valence-electron chi connectivity index (χ1n) is 8.43. The Hall–Kier alpha value is -3.41. The summed E-state index contributed by atoms with van der Waals surface area (Å²) in [4.78, 5) is 17.4. The number of furan rings is 1. The largest absolute Gasteiger partial charge is 0.461 e. The summed E-state index contributed by atoms with van der Waals surface area (Å²) in [6.45, 7) is 0. The molecule has 6 heteroatoms. The molecule has 1 fully saturated rings. The van der Waals surface area contributed by atoms with Gasteiger partial charge in [0, 0.05) is 17.6 Å². The minimum Gasteiger partial charge on any atom is -0.461 e. The maximum absolute atomic E-state index is 13.0. The van der Waals surface area contributed by atoms with Crippen molar-refractivity contribution < 1.29 is 13.7 Å². The molecule has 6 nitrogen and oxygen atoms in total. The predicted octanol–water partition coefficient (Wildman–Crippen LogP) is 4.15. The first-order chi connectivity index (χ1) is 12.8. The highest BCUT2D eigenvalue weighted by Crippen LogP contribution is 2.49. The Morgan fingerprint density at radius 3 is 2.77 bits per heavy atom. The van der Waals surface area contributed by atoms with Gasteiger partial charge in [0.05, 0.1) is 28.6 Å². The molecule has 0 saturated heterocycles. The van der Waals surface area contributed by atoms with Crippen molar-refractivity contribution >= 4 is 22.5 Å². The number of pyridine rings is 1. The fourth-order valence-corrected chi connectivity index (χ4v) is 3.21. The Morgan fingerprint density at radius 1 is 1.08 bits per heavy atom. The number of rotatable bonds is 4. The van der Waals surface area contributed by atoms with E-state index < -0.39 is 5.41 Å². The highest BCUT2D eigenvalue weighted by atomic mass is 16.5. The normalized spacial score (nSPS) is 15.1. The van der Waals surface area contributed by atoms with Crippen LogP contribution in [-0.4, -0.2) is 16.0 Å². The van der Waals surface area contributed by atoms with Gasteiger partial charge in [-0.3, -0.25) is 9.78 Å². The number of para-hydroxylation sites is 1. The lowest BCUT2D eigenvalue weighted by atomic mass is 10.0. The molecule has 1 amide bonds. The molecule has 128 valence electrons. The summed E-state index contributed by atoms with van der Waals surface area (Å²) in [6, 6.07) is 15.0. The van der Waals surface area contributed by atoms with Crippen LogP contribution >= 0.6 is 0 Å². The molecule has 1 saturated carbocycles. The summed E-state index contributed by atoms with van der Waals surface area (Å²) in [6.07, 6.45) is 4.77.